The highest BCUT2D eigenvalue weighted by atomic mass is 16.5. The number of amides is 1. The van der Waals surface area contributed by atoms with Crippen LogP contribution in [0.15, 0.2) is 51.6 Å². The molecular weight excluding hydrogens is 292 g/mol. The molecule has 116 valence electrons. The zero-order valence-electron chi connectivity index (χ0n) is 12.8. The number of benzene rings is 1. The van der Waals surface area contributed by atoms with Crippen LogP contribution in [0.25, 0.3) is 11.5 Å². The molecule has 1 aliphatic rings. The molecule has 1 amide bonds. The van der Waals surface area contributed by atoms with Gasteiger partial charge in [-0.2, -0.15) is 0 Å². The van der Waals surface area contributed by atoms with E-state index in [2.05, 4.69) is 11.2 Å². The molecule has 0 fully saturated rings. The maximum absolute atomic E-state index is 13.1. The molecule has 0 N–H and O–H groups in total. The molecule has 0 spiro atoms. The standard InChI is InChI=1S/C18H16N2O3/c1-12-16(17(19-23-12)15-9-5-11-22-15)18(21)20-10-4-7-13-6-2-3-8-14(13)20/h2-3,5-6,8-9,11H,4,7,10H2,1H3. The van der Waals surface area contributed by atoms with Crippen molar-refractivity contribution in [3.63, 3.8) is 0 Å². The van der Waals surface area contributed by atoms with Crippen molar-refractivity contribution in [2.24, 2.45) is 0 Å². The smallest absolute Gasteiger partial charge is 0.264 e. The molecule has 0 bridgehead atoms. The number of furan rings is 1. The SMILES string of the molecule is Cc1onc(-c2ccco2)c1C(=O)N1CCCc2ccccc21. The van der Waals surface area contributed by atoms with E-state index in [4.69, 9.17) is 8.94 Å². The maximum atomic E-state index is 13.1. The Bertz CT molecular complexity index is 849. The highest BCUT2D eigenvalue weighted by Crippen LogP contribution is 2.32. The topological polar surface area (TPSA) is 59.5 Å². The highest BCUT2D eigenvalue weighted by Gasteiger charge is 2.30. The number of hydrogen-bond acceptors (Lipinski definition) is 4. The second-order valence-corrected chi connectivity index (χ2v) is 5.63. The van der Waals surface area contributed by atoms with Crippen LogP contribution in [0.1, 0.15) is 28.1 Å². The zero-order valence-corrected chi connectivity index (χ0v) is 12.8. The summed E-state index contributed by atoms with van der Waals surface area (Å²) in [6, 6.07) is 11.6. The normalized spacial score (nSPS) is 13.9. The lowest BCUT2D eigenvalue weighted by molar-refractivity contribution is 0.0984. The lowest BCUT2D eigenvalue weighted by Gasteiger charge is -2.29. The predicted octanol–water partition coefficient (Wildman–Crippen LogP) is 3.84. The minimum absolute atomic E-state index is 0.0951. The lowest BCUT2D eigenvalue weighted by Crippen LogP contribution is -2.35. The van der Waals surface area contributed by atoms with Gasteiger partial charge in [0.25, 0.3) is 5.91 Å². The second-order valence-electron chi connectivity index (χ2n) is 5.63. The van der Waals surface area contributed by atoms with Crippen molar-refractivity contribution < 1.29 is 13.7 Å². The van der Waals surface area contributed by atoms with Gasteiger partial charge in [0.05, 0.1) is 6.26 Å². The predicted molar refractivity (Wildman–Crippen MR) is 85.4 cm³/mol. The van der Waals surface area contributed by atoms with E-state index in [-0.39, 0.29) is 5.91 Å². The zero-order chi connectivity index (χ0) is 15.8. The first-order valence-corrected chi connectivity index (χ1v) is 7.65. The number of nitrogens with zero attached hydrogens (tertiary/aromatic N) is 2. The van der Waals surface area contributed by atoms with Crippen LogP contribution in [0.5, 0.6) is 0 Å². The molecule has 3 aromatic rings. The monoisotopic (exact) mass is 308 g/mol. The number of carbonyl (C=O) groups is 1. The molecule has 2 aromatic heterocycles. The van der Waals surface area contributed by atoms with E-state index in [0.29, 0.717) is 29.3 Å². The van der Waals surface area contributed by atoms with Crippen molar-refractivity contribution in [2.75, 3.05) is 11.4 Å². The molecule has 4 rings (SSSR count). The Morgan fingerprint density at radius 1 is 1.22 bits per heavy atom. The van der Waals surface area contributed by atoms with Gasteiger partial charge in [-0.25, -0.2) is 0 Å². The summed E-state index contributed by atoms with van der Waals surface area (Å²) in [4.78, 5) is 15.0. The quantitative estimate of drug-likeness (QED) is 0.722. The minimum atomic E-state index is -0.0951. The summed E-state index contributed by atoms with van der Waals surface area (Å²) in [6.07, 6.45) is 3.50. The van der Waals surface area contributed by atoms with Crippen LogP contribution in [0.3, 0.4) is 0 Å². The fraction of sp³-hybridized carbons (Fsp3) is 0.222. The Morgan fingerprint density at radius 2 is 2.09 bits per heavy atom. The van der Waals surface area contributed by atoms with E-state index in [0.717, 1.165) is 18.5 Å². The number of fused-ring (bicyclic) bond motifs is 1. The molecule has 0 unspecified atom stereocenters. The van der Waals surface area contributed by atoms with Crippen LogP contribution in [-0.4, -0.2) is 17.6 Å². The van der Waals surface area contributed by atoms with Crippen molar-refractivity contribution in [3.8, 4) is 11.5 Å². The van der Waals surface area contributed by atoms with Gasteiger partial charge in [0.1, 0.15) is 11.3 Å². The number of para-hydroxylation sites is 1. The van der Waals surface area contributed by atoms with Crippen LogP contribution >= 0.6 is 0 Å². The third-order valence-corrected chi connectivity index (χ3v) is 4.19. The summed E-state index contributed by atoms with van der Waals surface area (Å²) in [6.45, 7) is 2.45. The van der Waals surface area contributed by atoms with Crippen LogP contribution in [-0.2, 0) is 6.42 Å². The number of hydrogen-bond donors (Lipinski definition) is 0. The summed E-state index contributed by atoms with van der Waals surface area (Å²) in [5.74, 6) is 0.947. The van der Waals surface area contributed by atoms with Gasteiger partial charge in [-0.15, -0.1) is 0 Å². The highest BCUT2D eigenvalue weighted by molar-refractivity contribution is 6.10. The van der Waals surface area contributed by atoms with Crippen molar-refractivity contribution in [1.82, 2.24) is 5.16 Å². The minimum Gasteiger partial charge on any atom is -0.463 e. The maximum Gasteiger partial charge on any atom is 0.264 e. The molecule has 1 aliphatic heterocycles. The summed E-state index contributed by atoms with van der Waals surface area (Å²) >= 11 is 0. The third-order valence-electron chi connectivity index (χ3n) is 4.19. The molecule has 5 heteroatoms. The van der Waals surface area contributed by atoms with E-state index in [1.807, 2.05) is 23.1 Å². The van der Waals surface area contributed by atoms with Crippen molar-refractivity contribution in [2.45, 2.75) is 19.8 Å². The Hall–Kier alpha value is -2.82. The van der Waals surface area contributed by atoms with Gasteiger partial charge in [-0.1, -0.05) is 23.4 Å². The molecule has 0 atom stereocenters. The van der Waals surface area contributed by atoms with E-state index in [9.17, 15) is 4.79 Å². The molecule has 1 aromatic carbocycles. The molecule has 23 heavy (non-hydrogen) atoms. The summed E-state index contributed by atoms with van der Waals surface area (Å²) in [5, 5.41) is 4.01. The fourth-order valence-electron chi connectivity index (χ4n) is 3.09. The molecule has 0 saturated heterocycles. The molecule has 3 heterocycles. The van der Waals surface area contributed by atoms with E-state index >= 15 is 0 Å². The van der Waals surface area contributed by atoms with Crippen molar-refractivity contribution in [3.05, 3.63) is 59.5 Å². The first-order chi connectivity index (χ1) is 11.3. The first kappa shape index (κ1) is 13.8. The number of carbonyl (C=O) groups excluding carboxylic acids is 1. The number of aromatic nitrogens is 1. The number of anilines is 1. The van der Waals surface area contributed by atoms with Gasteiger partial charge < -0.3 is 13.8 Å². The van der Waals surface area contributed by atoms with Gasteiger partial charge in [0.15, 0.2) is 11.5 Å². The van der Waals surface area contributed by atoms with Crippen LogP contribution in [0.4, 0.5) is 5.69 Å². The van der Waals surface area contributed by atoms with Gasteiger partial charge in [-0.05, 0) is 43.5 Å². The molecule has 0 radical (unpaired) electrons. The summed E-state index contributed by atoms with van der Waals surface area (Å²) in [5.41, 5.74) is 3.09. The van der Waals surface area contributed by atoms with Gasteiger partial charge in [0, 0.05) is 12.2 Å². The van der Waals surface area contributed by atoms with Crippen LogP contribution < -0.4 is 4.90 Å². The summed E-state index contributed by atoms with van der Waals surface area (Å²) in [7, 11) is 0. The molecule has 0 saturated carbocycles. The lowest BCUT2D eigenvalue weighted by atomic mass is 10.0. The molecule has 5 nitrogen and oxygen atoms in total. The molecular formula is C18H16N2O3. The van der Waals surface area contributed by atoms with E-state index < -0.39 is 0 Å². The van der Waals surface area contributed by atoms with Gasteiger partial charge in [-0.3, -0.25) is 4.79 Å². The van der Waals surface area contributed by atoms with E-state index in [1.54, 1.807) is 25.3 Å². The van der Waals surface area contributed by atoms with Gasteiger partial charge in [0.2, 0.25) is 0 Å². The Labute approximate surface area is 133 Å². The number of rotatable bonds is 2. The second kappa shape index (κ2) is 5.43. The van der Waals surface area contributed by atoms with Crippen molar-refractivity contribution in [1.29, 1.82) is 0 Å². The Morgan fingerprint density at radius 3 is 2.91 bits per heavy atom. The largest absolute Gasteiger partial charge is 0.463 e. The van der Waals surface area contributed by atoms with Gasteiger partial charge >= 0.3 is 0 Å². The van der Waals surface area contributed by atoms with Crippen LogP contribution in [0, 0.1) is 6.92 Å². The van der Waals surface area contributed by atoms with Crippen LogP contribution in [0.2, 0.25) is 0 Å². The average Bonchev–Trinajstić information content (AvgIpc) is 3.23. The fourth-order valence-corrected chi connectivity index (χ4v) is 3.09. The number of aryl methyl sites for hydroxylation is 2. The van der Waals surface area contributed by atoms with E-state index in [1.165, 1.54) is 5.56 Å². The molecule has 0 aliphatic carbocycles. The summed E-state index contributed by atoms with van der Waals surface area (Å²) < 4.78 is 10.6. The average molecular weight is 308 g/mol. The Balaban J connectivity index is 1.78. The first-order valence-electron chi connectivity index (χ1n) is 7.65. The third kappa shape index (κ3) is 2.25. The van der Waals surface area contributed by atoms with Crippen molar-refractivity contribution >= 4 is 11.6 Å². The Kier molecular flexibility index (Phi) is 3.26.